The van der Waals surface area contributed by atoms with E-state index in [1.54, 1.807) is 13.2 Å². The summed E-state index contributed by atoms with van der Waals surface area (Å²) in [5.41, 5.74) is 2.69. The van der Waals surface area contributed by atoms with Crippen LogP contribution in [0.15, 0.2) is 42.5 Å². The molecule has 1 unspecified atom stereocenters. The average Bonchev–Trinajstić information content (AvgIpc) is 2.41. The fourth-order valence-electron chi connectivity index (χ4n) is 1.84. The first kappa shape index (κ1) is 12.9. The van der Waals surface area contributed by atoms with Crippen molar-refractivity contribution in [1.29, 1.82) is 0 Å². The first-order valence-electron chi connectivity index (χ1n) is 5.66. The van der Waals surface area contributed by atoms with E-state index in [1.165, 1.54) is 12.1 Å². The second-order valence-electron chi connectivity index (χ2n) is 4.14. The van der Waals surface area contributed by atoms with Crippen LogP contribution in [0.25, 0.3) is 0 Å². The van der Waals surface area contributed by atoms with E-state index in [0.29, 0.717) is 0 Å². The van der Waals surface area contributed by atoms with Gasteiger partial charge in [-0.05, 0) is 47.9 Å². The van der Waals surface area contributed by atoms with Gasteiger partial charge in [0.25, 0.3) is 0 Å². The maximum absolute atomic E-state index is 13.3. The first-order valence-corrected chi connectivity index (χ1v) is 6.09. The first-order chi connectivity index (χ1) is 8.61. The molecule has 2 aromatic rings. The van der Waals surface area contributed by atoms with E-state index in [-0.39, 0.29) is 11.2 Å². The molecule has 1 nitrogen and oxygen atoms in total. The van der Waals surface area contributed by atoms with E-state index in [9.17, 15) is 4.39 Å². The average molecular weight is 265 g/mol. The van der Waals surface area contributed by atoms with Crippen LogP contribution in [0, 0.1) is 12.7 Å². The smallest absolute Gasteiger partial charge is 0.123 e. The van der Waals surface area contributed by atoms with Crippen LogP contribution >= 0.6 is 11.6 Å². The number of hydrogen-bond acceptors (Lipinski definition) is 1. The molecule has 0 saturated heterocycles. The van der Waals surface area contributed by atoms with Crippen molar-refractivity contribution in [3.63, 3.8) is 0 Å². The van der Waals surface area contributed by atoms with Crippen molar-refractivity contribution in [1.82, 2.24) is 0 Å². The Hall–Kier alpha value is -1.54. The van der Waals surface area contributed by atoms with Gasteiger partial charge in [-0.15, -0.1) is 11.6 Å². The number of alkyl halides is 1. The van der Waals surface area contributed by atoms with Gasteiger partial charge in [0.05, 0.1) is 12.5 Å². The van der Waals surface area contributed by atoms with Gasteiger partial charge >= 0.3 is 0 Å². The molecule has 0 N–H and O–H groups in total. The minimum Gasteiger partial charge on any atom is -0.497 e. The molecule has 3 heteroatoms. The van der Waals surface area contributed by atoms with Crippen molar-refractivity contribution < 1.29 is 9.13 Å². The monoisotopic (exact) mass is 264 g/mol. The molecule has 2 rings (SSSR count). The van der Waals surface area contributed by atoms with Crippen molar-refractivity contribution in [2.75, 3.05) is 7.11 Å². The van der Waals surface area contributed by atoms with Gasteiger partial charge in [0.2, 0.25) is 0 Å². The number of hydrogen-bond donors (Lipinski definition) is 0. The molecule has 0 aliphatic carbocycles. The highest BCUT2D eigenvalue weighted by atomic mass is 35.5. The molecule has 0 bridgehead atoms. The zero-order chi connectivity index (χ0) is 13.1. The molecule has 94 valence electrons. The van der Waals surface area contributed by atoms with Crippen LogP contribution in [0.3, 0.4) is 0 Å². The highest BCUT2D eigenvalue weighted by molar-refractivity contribution is 6.22. The van der Waals surface area contributed by atoms with E-state index in [0.717, 1.165) is 22.4 Å². The third-order valence-electron chi connectivity index (χ3n) is 2.92. The number of methoxy groups -OCH3 is 1. The quantitative estimate of drug-likeness (QED) is 0.743. The SMILES string of the molecule is COc1ccc(C(Cl)c2cc(F)ccc2C)cc1. The predicted molar refractivity (Wildman–Crippen MR) is 71.8 cm³/mol. The molecule has 0 aromatic heterocycles. The summed E-state index contributed by atoms with van der Waals surface area (Å²) >= 11 is 6.40. The lowest BCUT2D eigenvalue weighted by atomic mass is 10.00. The Kier molecular flexibility index (Phi) is 3.87. The Labute approximate surface area is 111 Å². The Bertz CT molecular complexity index is 537. The van der Waals surface area contributed by atoms with Crippen LogP contribution < -0.4 is 4.74 Å². The van der Waals surface area contributed by atoms with E-state index in [4.69, 9.17) is 16.3 Å². The van der Waals surface area contributed by atoms with Crippen molar-refractivity contribution in [3.05, 3.63) is 65.0 Å². The van der Waals surface area contributed by atoms with Crippen LogP contribution in [0.1, 0.15) is 22.1 Å². The Morgan fingerprint density at radius 1 is 1.11 bits per heavy atom. The summed E-state index contributed by atoms with van der Waals surface area (Å²) in [7, 11) is 1.61. The van der Waals surface area contributed by atoms with Gasteiger partial charge in [0, 0.05) is 0 Å². The van der Waals surface area contributed by atoms with Gasteiger partial charge in [-0.1, -0.05) is 18.2 Å². The third-order valence-corrected chi connectivity index (χ3v) is 3.41. The molecular formula is C15H14ClFO. The predicted octanol–water partition coefficient (Wildman–Crippen LogP) is 4.47. The van der Waals surface area contributed by atoms with Crippen LogP contribution in [-0.4, -0.2) is 7.11 Å². The molecule has 18 heavy (non-hydrogen) atoms. The largest absolute Gasteiger partial charge is 0.497 e. The van der Waals surface area contributed by atoms with Gasteiger partial charge in [-0.2, -0.15) is 0 Å². The van der Waals surface area contributed by atoms with Crippen LogP contribution in [0.2, 0.25) is 0 Å². The normalized spacial score (nSPS) is 12.2. The van der Waals surface area contributed by atoms with E-state index < -0.39 is 0 Å². The molecule has 0 heterocycles. The summed E-state index contributed by atoms with van der Waals surface area (Å²) in [6.07, 6.45) is 0. The summed E-state index contributed by atoms with van der Waals surface area (Å²) in [5, 5.41) is -0.355. The Morgan fingerprint density at radius 2 is 1.78 bits per heavy atom. The lowest BCUT2D eigenvalue weighted by Gasteiger charge is -2.13. The number of halogens is 2. The number of rotatable bonds is 3. The van der Waals surface area contributed by atoms with E-state index in [2.05, 4.69) is 0 Å². The van der Waals surface area contributed by atoms with E-state index in [1.807, 2.05) is 31.2 Å². The summed E-state index contributed by atoms with van der Waals surface area (Å²) < 4.78 is 18.4. The molecule has 0 fully saturated rings. The second kappa shape index (κ2) is 5.40. The molecule has 1 atom stereocenters. The van der Waals surface area contributed by atoms with Gasteiger partial charge in [0.1, 0.15) is 11.6 Å². The van der Waals surface area contributed by atoms with Crippen molar-refractivity contribution >= 4 is 11.6 Å². The minimum atomic E-state index is -0.355. The maximum atomic E-state index is 13.3. The Balaban J connectivity index is 2.34. The molecule has 0 saturated carbocycles. The standard InChI is InChI=1S/C15H14ClFO/c1-10-3-6-12(17)9-14(10)15(16)11-4-7-13(18-2)8-5-11/h3-9,15H,1-2H3. The highest BCUT2D eigenvalue weighted by Crippen LogP contribution is 2.32. The lowest BCUT2D eigenvalue weighted by Crippen LogP contribution is -1.97. The molecule has 0 radical (unpaired) electrons. The summed E-state index contributed by atoms with van der Waals surface area (Å²) in [6.45, 7) is 1.92. The van der Waals surface area contributed by atoms with Crippen molar-refractivity contribution in [3.8, 4) is 5.75 Å². The zero-order valence-electron chi connectivity index (χ0n) is 10.3. The summed E-state index contributed by atoms with van der Waals surface area (Å²) in [4.78, 5) is 0. The summed E-state index contributed by atoms with van der Waals surface area (Å²) in [6, 6.07) is 12.1. The van der Waals surface area contributed by atoms with Crippen LogP contribution in [-0.2, 0) is 0 Å². The fourth-order valence-corrected chi connectivity index (χ4v) is 2.22. The molecular weight excluding hydrogens is 251 g/mol. The van der Waals surface area contributed by atoms with Gasteiger partial charge in [-0.25, -0.2) is 4.39 Å². The minimum absolute atomic E-state index is 0.269. The Morgan fingerprint density at radius 3 is 2.39 bits per heavy atom. The van der Waals surface area contributed by atoms with Crippen molar-refractivity contribution in [2.45, 2.75) is 12.3 Å². The van der Waals surface area contributed by atoms with Gasteiger partial charge in [0.15, 0.2) is 0 Å². The highest BCUT2D eigenvalue weighted by Gasteiger charge is 2.14. The van der Waals surface area contributed by atoms with Gasteiger partial charge in [-0.3, -0.25) is 0 Å². The number of benzene rings is 2. The van der Waals surface area contributed by atoms with Crippen LogP contribution in [0.4, 0.5) is 4.39 Å². The van der Waals surface area contributed by atoms with Gasteiger partial charge < -0.3 is 4.74 Å². The summed E-state index contributed by atoms with van der Waals surface area (Å²) in [5.74, 6) is 0.508. The topological polar surface area (TPSA) is 9.23 Å². The van der Waals surface area contributed by atoms with E-state index >= 15 is 0 Å². The molecule has 0 amide bonds. The molecule has 0 aliphatic rings. The molecule has 0 aliphatic heterocycles. The lowest BCUT2D eigenvalue weighted by molar-refractivity contribution is 0.414. The number of aryl methyl sites for hydroxylation is 1. The third kappa shape index (κ3) is 2.65. The number of ether oxygens (including phenoxy) is 1. The zero-order valence-corrected chi connectivity index (χ0v) is 11.0. The fraction of sp³-hybridized carbons (Fsp3) is 0.200. The van der Waals surface area contributed by atoms with Crippen LogP contribution in [0.5, 0.6) is 5.75 Å². The second-order valence-corrected chi connectivity index (χ2v) is 4.57. The molecule has 2 aromatic carbocycles. The maximum Gasteiger partial charge on any atom is 0.123 e. The van der Waals surface area contributed by atoms with Crippen molar-refractivity contribution in [2.24, 2.45) is 0 Å². The molecule has 0 spiro atoms.